The first-order chi connectivity index (χ1) is 9.15. The first kappa shape index (κ1) is 12.7. The summed E-state index contributed by atoms with van der Waals surface area (Å²) in [6.45, 7) is 0. The number of aromatic nitrogens is 3. The largest absolute Gasteiger partial charge is 0.411 e. The summed E-state index contributed by atoms with van der Waals surface area (Å²) in [7, 11) is 3.33. The zero-order valence-electron chi connectivity index (χ0n) is 10.6. The Kier molecular flexibility index (Phi) is 3.56. The van der Waals surface area contributed by atoms with Crippen LogP contribution in [0.2, 0.25) is 0 Å². The normalized spacial score (nSPS) is 10.8. The van der Waals surface area contributed by atoms with Gasteiger partial charge in [0.2, 0.25) is 0 Å². The minimum atomic E-state index is -0.222. The number of oxime groups is 1. The van der Waals surface area contributed by atoms with Gasteiger partial charge in [-0.05, 0) is 12.1 Å². The molecular formula is C12H13N5O2. The van der Waals surface area contributed by atoms with Crippen LogP contribution in [-0.2, 0) is 7.05 Å². The van der Waals surface area contributed by atoms with Crippen LogP contribution < -0.4 is 4.90 Å². The Morgan fingerprint density at radius 2 is 2.32 bits per heavy atom. The molecule has 2 aromatic rings. The van der Waals surface area contributed by atoms with Crippen molar-refractivity contribution >= 4 is 17.8 Å². The lowest BCUT2D eigenvalue weighted by molar-refractivity contribution is 0.0985. The molecule has 0 aliphatic rings. The van der Waals surface area contributed by atoms with Crippen LogP contribution in [0.1, 0.15) is 16.3 Å². The van der Waals surface area contributed by atoms with E-state index in [1.54, 1.807) is 43.2 Å². The molecule has 19 heavy (non-hydrogen) atoms. The number of carbonyl (C=O) groups is 1. The third-order valence-electron chi connectivity index (χ3n) is 2.75. The zero-order valence-corrected chi connectivity index (χ0v) is 10.6. The van der Waals surface area contributed by atoms with Crippen LogP contribution in [0.25, 0.3) is 0 Å². The highest BCUT2D eigenvalue weighted by Gasteiger charge is 2.18. The molecule has 2 heterocycles. The first-order valence-electron chi connectivity index (χ1n) is 5.52. The lowest BCUT2D eigenvalue weighted by Crippen LogP contribution is -2.28. The summed E-state index contributed by atoms with van der Waals surface area (Å²) in [4.78, 5) is 21.8. The highest BCUT2D eigenvalue weighted by molar-refractivity contribution is 6.04. The fraction of sp³-hybridized carbons (Fsp3) is 0.167. The quantitative estimate of drug-likeness (QED) is 0.504. The van der Waals surface area contributed by atoms with Gasteiger partial charge in [0.25, 0.3) is 5.91 Å². The minimum Gasteiger partial charge on any atom is -0.411 e. The van der Waals surface area contributed by atoms with Gasteiger partial charge in [0.05, 0.1) is 18.1 Å². The Bertz CT molecular complexity index is 606. The van der Waals surface area contributed by atoms with E-state index in [0.29, 0.717) is 17.2 Å². The van der Waals surface area contributed by atoms with E-state index >= 15 is 0 Å². The number of amides is 1. The fourth-order valence-electron chi connectivity index (χ4n) is 1.64. The van der Waals surface area contributed by atoms with Crippen molar-refractivity contribution in [2.45, 2.75) is 0 Å². The SMILES string of the molecule is CN(C(=O)c1cnc(/C=N/O)n1C)c1cccnc1. The predicted molar refractivity (Wildman–Crippen MR) is 69.6 cm³/mol. The van der Waals surface area contributed by atoms with Gasteiger partial charge in [-0.2, -0.15) is 0 Å². The van der Waals surface area contributed by atoms with Crippen LogP contribution in [0.15, 0.2) is 35.9 Å². The number of pyridine rings is 1. The van der Waals surface area contributed by atoms with Crippen LogP contribution in [0, 0.1) is 0 Å². The third kappa shape index (κ3) is 2.44. The van der Waals surface area contributed by atoms with Gasteiger partial charge < -0.3 is 14.7 Å². The van der Waals surface area contributed by atoms with Crippen LogP contribution in [-0.4, -0.2) is 38.9 Å². The highest BCUT2D eigenvalue weighted by atomic mass is 16.4. The second kappa shape index (κ2) is 5.30. The number of carbonyl (C=O) groups excluding carboxylic acids is 1. The molecule has 0 aliphatic heterocycles. The fourth-order valence-corrected chi connectivity index (χ4v) is 1.64. The molecule has 0 saturated heterocycles. The van der Waals surface area contributed by atoms with Crippen LogP contribution in [0.5, 0.6) is 0 Å². The summed E-state index contributed by atoms with van der Waals surface area (Å²) in [6.07, 6.45) is 5.85. The third-order valence-corrected chi connectivity index (χ3v) is 2.75. The maximum absolute atomic E-state index is 12.3. The van der Waals surface area contributed by atoms with Gasteiger partial charge in [-0.1, -0.05) is 5.16 Å². The number of hydrogen-bond acceptors (Lipinski definition) is 5. The molecule has 0 spiro atoms. The minimum absolute atomic E-state index is 0.222. The number of nitrogens with zero attached hydrogens (tertiary/aromatic N) is 5. The molecule has 0 unspecified atom stereocenters. The Labute approximate surface area is 109 Å². The van der Waals surface area contributed by atoms with E-state index in [-0.39, 0.29) is 5.91 Å². The molecule has 0 atom stereocenters. The lowest BCUT2D eigenvalue weighted by atomic mass is 10.3. The van der Waals surface area contributed by atoms with Gasteiger partial charge in [0.1, 0.15) is 11.9 Å². The molecule has 2 aromatic heterocycles. The van der Waals surface area contributed by atoms with E-state index in [0.717, 1.165) is 0 Å². The van der Waals surface area contributed by atoms with Crippen LogP contribution in [0.4, 0.5) is 5.69 Å². The molecular weight excluding hydrogens is 246 g/mol. The van der Waals surface area contributed by atoms with Crippen molar-refractivity contribution in [1.29, 1.82) is 0 Å². The molecule has 0 aromatic carbocycles. The van der Waals surface area contributed by atoms with Crippen molar-refractivity contribution in [2.24, 2.45) is 12.2 Å². The summed E-state index contributed by atoms with van der Waals surface area (Å²) in [6, 6.07) is 3.55. The molecule has 0 radical (unpaired) electrons. The summed E-state index contributed by atoms with van der Waals surface area (Å²) in [5.41, 5.74) is 1.08. The smallest absolute Gasteiger partial charge is 0.276 e. The standard InChI is InChI=1S/C12H13N5O2/c1-16(9-4-3-5-13-6-9)12(18)10-7-14-11(8-15-19)17(10)2/h3-8,19H,1-2H3/b15-8+. The zero-order chi connectivity index (χ0) is 13.8. The summed E-state index contributed by atoms with van der Waals surface area (Å²) in [5, 5.41) is 11.4. The Morgan fingerprint density at radius 3 is 2.95 bits per heavy atom. The van der Waals surface area contributed by atoms with Gasteiger partial charge in [-0.15, -0.1) is 0 Å². The van der Waals surface area contributed by atoms with Crippen molar-refractivity contribution in [3.8, 4) is 0 Å². The lowest BCUT2D eigenvalue weighted by Gasteiger charge is -2.16. The first-order valence-corrected chi connectivity index (χ1v) is 5.52. The van der Waals surface area contributed by atoms with Crippen molar-refractivity contribution < 1.29 is 10.0 Å². The molecule has 0 aliphatic carbocycles. The topological polar surface area (TPSA) is 83.6 Å². The van der Waals surface area contributed by atoms with Gasteiger partial charge in [-0.25, -0.2) is 4.98 Å². The van der Waals surface area contributed by atoms with Gasteiger partial charge >= 0.3 is 0 Å². The Morgan fingerprint density at radius 1 is 1.53 bits per heavy atom. The monoisotopic (exact) mass is 259 g/mol. The summed E-state index contributed by atoms with van der Waals surface area (Å²) >= 11 is 0. The van der Waals surface area contributed by atoms with E-state index < -0.39 is 0 Å². The van der Waals surface area contributed by atoms with Crippen molar-refractivity contribution in [3.05, 3.63) is 42.2 Å². The summed E-state index contributed by atoms with van der Waals surface area (Å²) in [5.74, 6) is 0.172. The molecule has 0 bridgehead atoms. The number of hydrogen-bond donors (Lipinski definition) is 1. The van der Waals surface area contributed by atoms with E-state index in [2.05, 4.69) is 15.1 Å². The van der Waals surface area contributed by atoms with E-state index in [4.69, 9.17) is 5.21 Å². The Hall–Kier alpha value is -2.70. The molecule has 1 amide bonds. The maximum atomic E-state index is 12.3. The number of rotatable bonds is 3. The molecule has 7 heteroatoms. The Balaban J connectivity index is 2.30. The number of imidazole rings is 1. The maximum Gasteiger partial charge on any atom is 0.276 e. The van der Waals surface area contributed by atoms with Crippen molar-refractivity contribution in [2.75, 3.05) is 11.9 Å². The predicted octanol–water partition coefficient (Wildman–Crippen LogP) is 0.900. The molecule has 7 nitrogen and oxygen atoms in total. The average Bonchev–Trinajstić information content (AvgIpc) is 2.80. The molecule has 2 rings (SSSR count). The van der Waals surface area contributed by atoms with E-state index in [9.17, 15) is 4.79 Å². The summed E-state index contributed by atoms with van der Waals surface area (Å²) < 4.78 is 1.55. The van der Waals surface area contributed by atoms with Crippen LogP contribution in [0.3, 0.4) is 0 Å². The van der Waals surface area contributed by atoms with Gasteiger partial charge in [0.15, 0.2) is 5.82 Å². The molecule has 0 saturated carbocycles. The van der Waals surface area contributed by atoms with Gasteiger partial charge in [-0.3, -0.25) is 9.78 Å². The molecule has 0 fully saturated rings. The van der Waals surface area contributed by atoms with Crippen LogP contribution >= 0.6 is 0 Å². The molecule has 1 N–H and O–H groups in total. The van der Waals surface area contributed by atoms with Crippen molar-refractivity contribution in [1.82, 2.24) is 14.5 Å². The van der Waals surface area contributed by atoms with Gasteiger partial charge in [0, 0.05) is 20.3 Å². The van der Waals surface area contributed by atoms with E-state index in [1.807, 2.05) is 0 Å². The highest BCUT2D eigenvalue weighted by Crippen LogP contribution is 2.13. The van der Waals surface area contributed by atoms with E-state index in [1.165, 1.54) is 17.3 Å². The van der Waals surface area contributed by atoms with Crippen molar-refractivity contribution in [3.63, 3.8) is 0 Å². The number of anilines is 1. The second-order valence-electron chi connectivity index (χ2n) is 3.88. The second-order valence-corrected chi connectivity index (χ2v) is 3.88. The average molecular weight is 259 g/mol. The molecule has 98 valence electrons.